The Morgan fingerprint density at radius 3 is 2.30 bits per heavy atom. The topological polar surface area (TPSA) is 70.9 Å². The summed E-state index contributed by atoms with van der Waals surface area (Å²) in [6, 6.07) is 25.4. The molecule has 0 bridgehead atoms. The van der Waals surface area contributed by atoms with E-state index in [-0.39, 0.29) is 23.0 Å². The van der Waals surface area contributed by atoms with E-state index in [2.05, 4.69) is 34.8 Å². The maximum absolute atomic E-state index is 12.9. The summed E-state index contributed by atoms with van der Waals surface area (Å²) >= 11 is 0. The molecule has 1 fully saturated rings. The third kappa shape index (κ3) is 3.66. The lowest BCUT2D eigenvalue weighted by Gasteiger charge is -2.18. The Bertz CT molecular complexity index is 1010. The molecule has 3 aromatic carbocycles. The number of phenols is 1. The highest BCUT2D eigenvalue weighted by Crippen LogP contribution is 2.58. The van der Waals surface area contributed by atoms with Gasteiger partial charge in [0, 0.05) is 11.0 Å². The smallest absolute Gasteiger partial charge is 0.244 e. The van der Waals surface area contributed by atoms with Gasteiger partial charge in [0.15, 0.2) is 11.5 Å². The van der Waals surface area contributed by atoms with E-state index in [9.17, 15) is 9.90 Å². The number of nitrogens with one attached hydrogen (secondary N) is 1. The summed E-state index contributed by atoms with van der Waals surface area (Å²) in [6.45, 7) is 2.30. The average Bonchev–Trinajstić information content (AvgIpc) is 3.55. The lowest BCUT2D eigenvalue weighted by atomic mass is 9.85. The number of hydrazone groups is 1. The second kappa shape index (κ2) is 8.41. The van der Waals surface area contributed by atoms with Gasteiger partial charge in [-0.3, -0.25) is 4.79 Å². The number of rotatable bonds is 7. The second-order valence-electron chi connectivity index (χ2n) is 7.32. The monoisotopic (exact) mass is 400 g/mol. The maximum Gasteiger partial charge on any atom is 0.244 e. The molecular weight excluding hydrogens is 376 g/mol. The molecule has 3 aromatic rings. The molecule has 0 aliphatic heterocycles. The summed E-state index contributed by atoms with van der Waals surface area (Å²) < 4.78 is 5.38. The van der Waals surface area contributed by atoms with E-state index in [0.717, 1.165) is 17.5 Å². The van der Waals surface area contributed by atoms with Gasteiger partial charge >= 0.3 is 0 Å². The van der Waals surface area contributed by atoms with Crippen molar-refractivity contribution >= 4 is 12.1 Å². The molecule has 5 nitrogen and oxygen atoms in total. The summed E-state index contributed by atoms with van der Waals surface area (Å²) in [4.78, 5) is 12.9. The molecule has 0 aromatic heterocycles. The molecule has 0 saturated heterocycles. The Labute approximate surface area is 176 Å². The van der Waals surface area contributed by atoms with Gasteiger partial charge in [-0.15, -0.1) is 0 Å². The quantitative estimate of drug-likeness (QED) is 0.460. The Kier molecular flexibility index (Phi) is 5.53. The zero-order valence-electron chi connectivity index (χ0n) is 16.8. The van der Waals surface area contributed by atoms with E-state index in [4.69, 9.17) is 4.74 Å². The van der Waals surface area contributed by atoms with Crippen molar-refractivity contribution in [2.75, 3.05) is 6.61 Å². The van der Waals surface area contributed by atoms with Gasteiger partial charge in [0.1, 0.15) is 0 Å². The molecular formula is C25H24N2O3. The van der Waals surface area contributed by atoms with Crippen LogP contribution in [0.3, 0.4) is 0 Å². The number of phenolic OH excluding ortho intramolecular Hbond substituents is 1. The molecule has 0 radical (unpaired) electrons. The Morgan fingerprint density at radius 1 is 1.07 bits per heavy atom. The first-order valence-corrected chi connectivity index (χ1v) is 10.1. The number of aromatic hydroxyl groups is 1. The molecule has 5 heteroatoms. The van der Waals surface area contributed by atoms with Gasteiger partial charge in [0.05, 0.1) is 18.7 Å². The summed E-state index contributed by atoms with van der Waals surface area (Å²) in [7, 11) is 0. The van der Waals surface area contributed by atoms with Gasteiger partial charge in [-0.25, -0.2) is 5.43 Å². The minimum Gasteiger partial charge on any atom is -0.504 e. The molecule has 1 aliphatic carbocycles. The predicted octanol–water partition coefficient (Wildman–Crippen LogP) is 4.25. The van der Waals surface area contributed by atoms with Crippen LogP contribution in [0.25, 0.3) is 0 Å². The van der Waals surface area contributed by atoms with Crippen molar-refractivity contribution in [3.63, 3.8) is 0 Å². The van der Waals surface area contributed by atoms with Gasteiger partial charge in [-0.05, 0) is 36.6 Å². The van der Waals surface area contributed by atoms with Crippen molar-refractivity contribution in [2.45, 2.75) is 18.8 Å². The van der Waals surface area contributed by atoms with E-state index in [0.29, 0.717) is 17.9 Å². The lowest BCUT2D eigenvalue weighted by Crippen LogP contribution is -2.25. The van der Waals surface area contributed by atoms with Crippen LogP contribution in [0.1, 0.15) is 30.0 Å². The van der Waals surface area contributed by atoms with Crippen molar-refractivity contribution in [3.8, 4) is 11.5 Å². The van der Waals surface area contributed by atoms with Crippen LogP contribution in [0.4, 0.5) is 0 Å². The van der Waals surface area contributed by atoms with Crippen molar-refractivity contribution < 1.29 is 14.6 Å². The van der Waals surface area contributed by atoms with E-state index in [1.165, 1.54) is 6.21 Å². The maximum atomic E-state index is 12.9. The summed E-state index contributed by atoms with van der Waals surface area (Å²) in [5.74, 6) is 0.0519. The highest BCUT2D eigenvalue weighted by Gasteiger charge is 2.60. The molecule has 1 aliphatic rings. The molecule has 152 valence electrons. The molecule has 0 spiro atoms. The number of nitrogens with zero attached hydrogens (tertiary/aromatic N) is 1. The van der Waals surface area contributed by atoms with Crippen LogP contribution >= 0.6 is 0 Å². The molecule has 4 rings (SSSR count). The molecule has 1 saturated carbocycles. The molecule has 1 unspecified atom stereocenters. The highest BCUT2D eigenvalue weighted by molar-refractivity contribution is 5.89. The first kappa shape index (κ1) is 19.7. The Morgan fingerprint density at radius 2 is 1.70 bits per heavy atom. The number of ether oxygens (including phenoxy) is 1. The lowest BCUT2D eigenvalue weighted by molar-refractivity contribution is -0.122. The van der Waals surface area contributed by atoms with Crippen LogP contribution < -0.4 is 10.2 Å². The Hall–Kier alpha value is -3.60. The van der Waals surface area contributed by atoms with E-state index in [1.54, 1.807) is 18.2 Å². The fraction of sp³-hybridized carbons (Fsp3) is 0.200. The number of para-hydroxylation sites is 1. The normalized spacial score (nSPS) is 16.9. The van der Waals surface area contributed by atoms with Crippen LogP contribution in [-0.2, 0) is 10.2 Å². The SMILES string of the molecule is CCOc1cccc(/C=N/NC(=O)C2CC2(c2ccccc2)c2ccccc2)c1O. The van der Waals surface area contributed by atoms with Gasteiger partial charge in [0.25, 0.3) is 0 Å². The number of amides is 1. The van der Waals surface area contributed by atoms with Gasteiger partial charge < -0.3 is 9.84 Å². The van der Waals surface area contributed by atoms with Crippen molar-refractivity contribution in [3.05, 3.63) is 95.6 Å². The first-order valence-electron chi connectivity index (χ1n) is 10.1. The minimum atomic E-state index is -0.334. The Balaban J connectivity index is 1.52. The number of carbonyl (C=O) groups is 1. The van der Waals surface area contributed by atoms with Crippen LogP contribution in [0.2, 0.25) is 0 Å². The van der Waals surface area contributed by atoms with Crippen LogP contribution in [0.15, 0.2) is 84.0 Å². The fourth-order valence-corrected chi connectivity index (χ4v) is 4.01. The van der Waals surface area contributed by atoms with Gasteiger partial charge in [-0.1, -0.05) is 66.7 Å². The first-order chi connectivity index (χ1) is 14.7. The largest absolute Gasteiger partial charge is 0.504 e. The molecule has 1 atom stereocenters. The standard InChI is InChI=1S/C25H24N2O3/c1-2-30-22-15-9-10-18(23(22)28)17-26-27-24(29)21-16-25(21,19-11-5-3-6-12-19)20-13-7-4-8-14-20/h3-15,17,21,28H,2,16H2,1H3,(H,27,29)/b26-17+. The summed E-state index contributed by atoms with van der Waals surface area (Å²) in [5.41, 5.74) is 5.05. The van der Waals surface area contributed by atoms with Crippen LogP contribution in [-0.4, -0.2) is 23.8 Å². The molecule has 2 N–H and O–H groups in total. The third-order valence-corrected chi connectivity index (χ3v) is 5.56. The second-order valence-corrected chi connectivity index (χ2v) is 7.32. The minimum absolute atomic E-state index is 0.00619. The highest BCUT2D eigenvalue weighted by atomic mass is 16.5. The molecule has 0 heterocycles. The van der Waals surface area contributed by atoms with Gasteiger partial charge in [-0.2, -0.15) is 5.10 Å². The number of hydrogen-bond acceptors (Lipinski definition) is 4. The summed E-state index contributed by atoms with van der Waals surface area (Å²) in [5, 5.41) is 14.3. The van der Waals surface area contributed by atoms with E-state index in [1.807, 2.05) is 43.3 Å². The summed E-state index contributed by atoms with van der Waals surface area (Å²) in [6.07, 6.45) is 2.16. The zero-order valence-corrected chi connectivity index (χ0v) is 16.8. The average molecular weight is 400 g/mol. The number of hydrogen-bond donors (Lipinski definition) is 2. The fourth-order valence-electron chi connectivity index (χ4n) is 4.01. The van der Waals surface area contributed by atoms with E-state index >= 15 is 0 Å². The van der Waals surface area contributed by atoms with Crippen molar-refractivity contribution in [1.29, 1.82) is 0 Å². The number of carbonyl (C=O) groups excluding carboxylic acids is 1. The molecule has 30 heavy (non-hydrogen) atoms. The van der Waals surface area contributed by atoms with Gasteiger partial charge in [0.2, 0.25) is 5.91 Å². The predicted molar refractivity (Wildman–Crippen MR) is 117 cm³/mol. The van der Waals surface area contributed by atoms with Crippen LogP contribution in [0.5, 0.6) is 11.5 Å². The van der Waals surface area contributed by atoms with E-state index < -0.39 is 0 Å². The number of benzene rings is 3. The van der Waals surface area contributed by atoms with Crippen LogP contribution in [0, 0.1) is 5.92 Å². The molecule has 1 amide bonds. The third-order valence-electron chi connectivity index (χ3n) is 5.56. The van der Waals surface area contributed by atoms with Crippen molar-refractivity contribution in [2.24, 2.45) is 11.0 Å². The zero-order chi connectivity index (χ0) is 21.0. The van der Waals surface area contributed by atoms with Crippen molar-refractivity contribution in [1.82, 2.24) is 5.43 Å².